The third-order valence-electron chi connectivity index (χ3n) is 6.53. The second-order valence-corrected chi connectivity index (χ2v) is 9.00. The predicted molar refractivity (Wildman–Crippen MR) is 127 cm³/mol. The van der Waals surface area contributed by atoms with Crippen LogP contribution >= 0.6 is 0 Å². The van der Waals surface area contributed by atoms with Gasteiger partial charge in [0.2, 0.25) is 5.95 Å². The van der Waals surface area contributed by atoms with E-state index in [0.717, 1.165) is 16.8 Å². The first-order chi connectivity index (χ1) is 15.8. The Morgan fingerprint density at radius 3 is 2.55 bits per heavy atom. The van der Waals surface area contributed by atoms with Crippen LogP contribution in [-0.4, -0.2) is 25.2 Å². The summed E-state index contributed by atoms with van der Waals surface area (Å²) in [5.41, 5.74) is 3.40. The molecule has 0 unspecified atom stereocenters. The minimum atomic E-state index is -0.517. The maximum atomic E-state index is 14.3. The van der Waals surface area contributed by atoms with Crippen LogP contribution in [0.1, 0.15) is 23.6 Å². The van der Waals surface area contributed by atoms with E-state index in [1.165, 1.54) is 21.8 Å². The van der Waals surface area contributed by atoms with Gasteiger partial charge >= 0.3 is 5.69 Å². The molecule has 2 aromatic carbocycles. The first kappa shape index (κ1) is 21.2. The van der Waals surface area contributed by atoms with E-state index in [4.69, 9.17) is 4.98 Å². The van der Waals surface area contributed by atoms with Crippen molar-refractivity contribution in [1.82, 2.24) is 18.7 Å². The van der Waals surface area contributed by atoms with Crippen LogP contribution in [0.4, 0.5) is 16.0 Å². The molecule has 3 heterocycles. The number of hydrogen-bond acceptors (Lipinski definition) is 4. The van der Waals surface area contributed by atoms with Gasteiger partial charge in [0.25, 0.3) is 5.56 Å². The molecule has 5 rings (SSSR count). The molecule has 2 aromatic heterocycles. The first-order valence-corrected chi connectivity index (χ1v) is 11.0. The van der Waals surface area contributed by atoms with Gasteiger partial charge in [-0.3, -0.25) is 13.9 Å². The lowest BCUT2D eigenvalue weighted by Crippen LogP contribution is -2.40. The molecule has 0 spiro atoms. The molecule has 0 N–H and O–H groups in total. The van der Waals surface area contributed by atoms with Crippen molar-refractivity contribution >= 4 is 22.8 Å². The van der Waals surface area contributed by atoms with Crippen LogP contribution in [0.3, 0.4) is 0 Å². The number of nitrogens with zero attached hydrogens (tertiary/aromatic N) is 5. The minimum Gasteiger partial charge on any atom is -0.312 e. The van der Waals surface area contributed by atoms with E-state index in [2.05, 4.69) is 43.9 Å². The predicted octanol–water partition coefficient (Wildman–Crippen LogP) is 3.49. The van der Waals surface area contributed by atoms with Crippen molar-refractivity contribution in [3.05, 3.63) is 85.8 Å². The lowest BCUT2D eigenvalue weighted by Gasteiger charge is -2.33. The van der Waals surface area contributed by atoms with Crippen molar-refractivity contribution in [2.45, 2.75) is 33.9 Å². The zero-order valence-electron chi connectivity index (χ0n) is 19.2. The minimum absolute atomic E-state index is 0.134. The number of halogens is 1. The lowest BCUT2D eigenvalue weighted by atomic mass is 10.1. The maximum absolute atomic E-state index is 14.3. The molecule has 1 atom stereocenters. The summed E-state index contributed by atoms with van der Waals surface area (Å²) >= 11 is 0. The van der Waals surface area contributed by atoms with E-state index in [9.17, 15) is 14.0 Å². The van der Waals surface area contributed by atoms with E-state index in [0.29, 0.717) is 29.2 Å². The Labute approximate surface area is 190 Å². The average molecular weight is 448 g/mol. The molecule has 0 radical (unpaired) electrons. The molecule has 1 aliphatic rings. The summed E-state index contributed by atoms with van der Waals surface area (Å²) in [7, 11) is 1.60. The van der Waals surface area contributed by atoms with Crippen LogP contribution in [0, 0.1) is 25.6 Å². The third kappa shape index (κ3) is 3.37. The van der Waals surface area contributed by atoms with Crippen molar-refractivity contribution < 1.29 is 4.39 Å². The number of aryl methyl sites for hydroxylation is 3. The normalized spacial score (nSPS) is 15.8. The Morgan fingerprint density at radius 2 is 1.82 bits per heavy atom. The SMILES string of the molecule is Cc1ccc(N2C[C@@H](C)Cn3c2nc2c3c(=O)n(Cc3ccccc3F)c(=O)n2C)cc1C. The van der Waals surface area contributed by atoms with Crippen LogP contribution in [0.15, 0.2) is 52.1 Å². The number of imidazole rings is 1. The first-order valence-electron chi connectivity index (χ1n) is 11.0. The summed E-state index contributed by atoms with van der Waals surface area (Å²) < 4.78 is 18.6. The van der Waals surface area contributed by atoms with E-state index in [-0.39, 0.29) is 12.5 Å². The average Bonchev–Trinajstić information content (AvgIpc) is 3.17. The Balaban J connectivity index is 1.73. The van der Waals surface area contributed by atoms with Crippen molar-refractivity contribution in [2.75, 3.05) is 11.4 Å². The van der Waals surface area contributed by atoms with Crippen LogP contribution in [0.5, 0.6) is 0 Å². The molecule has 4 aromatic rings. The van der Waals surface area contributed by atoms with E-state index < -0.39 is 17.1 Å². The lowest BCUT2D eigenvalue weighted by molar-refractivity contribution is 0.458. The molecular formula is C25H26FN5O2. The summed E-state index contributed by atoms with van der Waals surface area (Å²) in [4.78, 5) is 33.5. The Morgan fingerprint density at radius 1 is 1.06 bits per heavy atom. The molecule has 0 saturated carbocycles. The fraction of sp³-hybridized carbons (Fsp3) is 0.320. The highest BCUT2D eigenvalue weighted by Crippen LogP contribution is 2.33. The van der Waals surface area contributed by atoms with E-state index >= 15 is 0 Å². The largest absolute Gasteiger partial charge is 0.332 e. The highest BCUT2D eigenvalue weighted by Gasteiger charge is 2.30. The summed E-state index contributed by atoms with van der Waals surface area (Å²) in [6.45, 7) is 7.50. The summed E-state index contributed by atoms with van der Waals surface area (Å²) in [5.74, 6) is 0.451. The van der Waals surface area contributed by atoms with E-state index in [1.807, 2.05) is 4.57 Å². The van der Waals surface area contributed by atoms with Crippen LogP contribution in [0.2, 0.25) is 0 Å². The molecule has 170 valence electrons. The van der Waals surface area contributed by atoms with Gasteiger partial charge in [0.1, 0.15) is 5.82 Å². The number of aromatic nitrogens is 4. The van der Waals surface area contributed by atoms with Gasteiger partial charge < -0.3 is 9.47 Å². The van der Waals surface area contributed by atoms with Gasteiger partial charge in [0, 0.05) is 31.4 Å². The molecule has 0 aliphatic carbocycles. The van der Waals surface area contributed by atoms with Gasteiger partial charge in [-0.15, -0.1) is 0 Å². The van der Waals surface area contributed by atoms with Crippen molar-refractivity contribution in [3.8, 4) is 0 Å². The molecule has 8 heteroatoms. The number of hydrogen-bond donors (Lipinski definition) is 0. The van der Waals surface area contributed by atoms with Crippen LogP contribution < -0.4 is 16.1 Å². The summed E-state index contributed by atoms with van der Waals surface area (Å²) in [6.07, 6.45) is 0. The molecular weight excluding hydrogens is 421 g/mol. The number of benzene rings is 2. The topological polar surface area (TPSA) is 65.1 Å². The fourth-order valence-corrected chi connectivity index (χ4v) is 4.55. The van der Waals surface area contributed by atoms with Gasteiger partial charge in [0.05, 0.1) is 6.54 Å². The monoisotopic (exact) mass is 447 g/mol. The number of anilines is 2. The Hall–Kier alpha value is -3.68. The molecule has 0 bridgehead atoms. The molecule has 0 fully saturated rings. The Kier molecular flexibility index (Phi) is 4.96. The Bertz CT molecular complexity index is 1510. The summed E-state index contributed by atoms with van der Waals surface area (Å²) in [6, 6.07) is 12.4. The molecule has 33 heavy (non-hydrogen) atoms. The van der Waals surface area contributed by atoms with E-state index in [1.54, 1.807) is 25.2 Å². The zero-order chi connectivity index (χ0) is 23.4. The second kappa shape index (κ2) is 7.72. The molecule has 1 aliphatic heterocycles. The molecule has 7 nitrogen and oxygen atoms in total. The quantitative estimate of drug-likeness (QED) is 0.482. The highest BCUT2D eigenvalue weighted by atomic mass is 19.1. The third-order valence-corrected chi connectivity index (χ3v) is 6.53. The van der Waals surface area contributed by atoms with Gasteiger partial charge in [0.15, 0.2) is 11.2 Å². The fourth-order valence-electron chi connectivity index (χ4n) is 4.55. The van der Waals surface area contributed by atoms with Gasteiger partial charge in [-0.05, 0) is 49.1 Å². The molecule has 0 amide bonds. The maximum Gasteiger partial charge on any atom is 0.332 e. The second-order valence-electron chi connectivity index (χ2n) is 9.00. The van der Waals surface area contributed by atoms with Gasteiger partial charge in [-0.2, -0.15) is 4.98 Å². The number of rotatable bonds is 3. The van der Waals surface area contributed by atoms with Gasteiger partial charge in [-0.1, -0.05) is 31.2 Å². The zero-order valence-corrected chi connectivity index (χ0v) is 19.2. The smallest absolute Gasteiger partial charge is 0.312 e. The van der Waals surface area contributed by atoms with Gasteiger partial charge in [-0.25, -0.2) is 9.18 Å². The van der Waals surface area contributed by atoms with Crippen molar-refractivity contribution in [1.29, 1.82) is 0 Å². The van der Waals surface area contributed by atoms with Crippen molar-refractivity contribution in [2.24, 2.45) is 13.0 Å². The van der Waals surface area contributed by atoms with Crippen LogP contribution in [-0.2, 0) is 20.1 Å². The number of fused-ring (bicyclic) bond motifs is 3. The standard InChI is InChI=1S/C25H26FN5O2/c1-15-12-29(19-10-9-16(2)17(3)11-19)24-27-22-21(30(24)13-15)23(32)31(25(33)28(22)4)14-18-7-5-6-8-20(18)26/h5-11,15H,12-14H2,1-4H3/t15-/m1/s1. The van der Waals surface area contributed by atoms with Crippen LogP contribution in [0.25, 0.3) is 11.2 Å². The highest BCUT2D eigenvalue weighted by molar-refractivity contribution is 5.77. The van der Waals surface area contributed by atoms with Crippen molar-refractivity contribution in [3.63, 3.8) is 0 Å². The summed E-state index contributed by atoms with van der Waals surface area (Å²) in [5, 5.41) is 0. The molecule has 0 saturated heterocycles.